The maximum Gasteiger partial charge on any atom is 0.123 e. The molecule has 0 fully saturated rings. The molecule has 0 unspecified atom stereocenters. The molecule has 2 aromatic rings. The lowest BCUT2D eigenvalue weighted by atomic mass is 10.2. The number of rotatable bonds is 10. The molecule has 0 saturated carbocycles. The van der Waals surface area contributed by atoms with Crippen molar-refractivity contribution in [2.45, 2.75) is 25.7 Å². The van der Waals surface area contributed by atoms with Gasteiger partial charge < -0.3 is 14.4 Å². The summed E-state index contributed by atoms with van der Waals surface area (Å²) in [4.78, 5) is 2.07. The highest BCUT2D eigenvalue weighted by molar-refractivity contribution is 5.47. The molecule has 0 radical (unpaired) electrons. The van der Waals surface area contributed by atoms with Gasteiger partial charge in [0.25, 0.3) is 0 Å². The highest BCUT2D eigenvalue weighted by Crippen LogP contribution is 2.18. The second-order valence-corrected chi connectivity index (χ2v) is 5.95. The number of unbranched alkanes of at least 4 members (excludes halogenated alkanes) is 3. The largest absolute Gasteiger partial charge is 0.494 e. The lowest BCUT2D eigenvalue weighted by molar-refractivity contribution is 0.287. The Hall–Kier alpha value is -2.23. The smallest absolute Gasteiger partial charge is 0.123 e. The van der Waals surface area contributed by atoms with Crippen molar-refractivity contribution in [3.05, 3.63) is 54.3 Å². The van der Waals surface area contributed by atoms with Crippen LogP contribution in [0.5, 0.6) is 11.5 Å². The molecule has 24 heavy (non-hydrogen) atoms. The van der Waals surface area contributed by atoms with E-state index in [2.05, 4.69) is 17.0 Å². The number of nitrogens with zero attached hydrogens (tertiary/aromatic N) is 1. The lowest BCUT2D eigenvalue weighted by Gasteiger charge is -2.13. The van der Waals surface area contributed by atoms with E-state index in [0.29, 0.717) is 6.61 Å². The van der Waals surface area contributed by atoms with Gasteiger partial charge in [-0.05, 0) is 74.2 Å². The molecular weight excluding hydrogens is 305 g/mol. The number of benzene rings is 2. The number of halogens is 1. The zero-order valence-corrected chi connectivity index (χ0v) is 14.5. The Morgan fingerprint density at radius 3 is 1.62 bits per heavy atom. The molecule has 3 nitrogen and oxygen atoms in total. The first kappa shape index (κ1) is 18.1. The first-order valence-electron chi connectivity index (χ1n) is 8.44. The van der Waals surface area contributed by atoms with Crippen molar-refractivity contribution >= 4 is 5.69 Å². The highest BCUT2D eigenvalue weighted by Gasteiger charge is 1.98. The van der Waals surface area contributed by atoms with Crippen LogP contribution in [0.15, 0.2) is 48.5 Å². The molecule has 4 heteroatoms. The highest BCUT2D eigenvalue weighted by atomic mass is 19.1. The monoisotopic (exact) mass is 331 g/mol. The average Bonchev–Trinajstić information content (AvgIpc) is 2.59. The molecule has 0 spiro atoms. The Morgan fingerprint density at radius 2 is 1.17 bits per heavy atom. The quantitative estimate of drug-likeness (QED) is 0.577. The van der Waals surface area contributed by atoms with Gasteiger partial charge in [0.2, 0.25) is 0 Å². The molecular formula is C20H26FNO2. The molecule has 2 rings (SSSR count). The molecule has 0 aliphatic rings. The third-order valence-corrected chi connectivity index (χ3v) is 3.74. The van der Waals surface area contributed by atoms with Crippen molar-refractivity contribution in [3.63, 3.8) is 0 Å². The van der Waals surface area contributed by atoms with Crippen LogP contribution in [0.2, 0.25) is 0 Å². The molecule has 0 saturated heterocycles. The Kier molecular flexibility index (Phi) is 7.40. The van der Waals surface area contributed by atoms with Gasteiger partial charge in [0.05, 0.1) is 13.2 Å². The minimum atomic E-state index is -0.237. The molecule has 0 heterocycles. The third kappa shape index (κ3) is 6.49. The fourth-order valence-corrected chi connectivity index (χ4v) is 2.31. The van der Waals surface area contributed by atoms with E-state index in [0.717, 1.165) is 43.8 Å². The summed E-state index contributed by atoms with van der Waals surface area (Å²) in [6, 6.07) is 14.3. The van der Waals surface area contributed by atoms with E-state index in [4.69, 9.17) is 9.47 Å². The summed E-state index contributed by atoms with van der Waals surface area (Å²) in [5, 5.41) is 0. The predicted octanol–water partition coefficient (Wildman–Crippen LogP) is 4.91. The van der Waals surface area contributed by atoms with Crippen molar-refractivity contribution < 1.29 is 13.9 Å². The van der Waals surface area contributed by atoms with Crippen LogP contribution in [0.1, 0.15) is 25.7 Å². The molecule has 0 bridgehead atoms. The van der Waals surface area contributed by atoms with Gasteiger partial charge in [-0.3, -0.25) is 0 Å². The Morgan fingerprint density at radius 1 is 0.708 bits per heavy atom. The van der Waals surface area contributed by atoms with Gasteiger partial charge in [-0.25, -0.2) is 4.39 Å². The summed E-state index contributed by atoms with van der Waals surface area (Å²) in [5.74, 6) is 1.40. The third-order valence-electron chi connectivity index (χ3n) is 3.74. The average molecular weight is 331 g/mol. The number of anilines is 1. The van der Waals surface area contributed by atoms with Gasteiger partial charge in [0.15, 0.2) is 0 Å². The number of ether oxygens (including phenoxy) is 2. The number of hydrogen-bond acceptors (Lipinski definition) is 3. The van der Waals surface area contributed by atoms with E-state index in [-0.39, 0.29) is 5.82 Å². The predicted molar refractivity (Wildman–Crippen MR) is 96.6 cm³/mol. The summed E-state index contributed by atoms with van der Waals surface area (Å²) in [5.41, 5.74) is 1.17. The fourth-order valence-electron chi connectivity index (χ4n) is 2.31. The molecule has 0 atom stereocenters. The van der Waals surface area contributed by atoms with Crippen LogP contribution in [-0.4, -0.2) is 27.3 Å². The maximum atomic E-state index is 12.8. The summed E-state index contributed by atoms with van der Waals surface area (Å²) >= 11 is 0. The second kappa shape index (κ2) is 9.81. The Labute approximate surface area is 144 Å². The second-order valence-electron chi connectivity index (χ2n) is 5.95. The van der Waals surface area contributed by atoms with Crippen molar-refractivity contribution in [3.8, 4) is 11.5 Å². The van der Waals surface area contributed by atoms with Crippen LogP contribution in [0, 0.1) is 5.82 Å². The zero-order chi connectivity index (χ0) is 17.2. The van der Waals surface area contributed by atoms with Gasteiger partial charge in [0, 0.05) is 19.8 Å². The van der Waals surface area contributed by atoms with Crippen molar-refractivity contribution in [1.29, 1.82) is 0 Å². The standard InChI is InChI=1S/C20H26FNO2/c1-22(2)18-9-13-20(14-10-18)24-16-6-4-3-5-15-23-19-11-7-17(21)8-12-19/h7-14H,3-6,15-16H2,1-2H3. The van der Waals surface area contributed by atoms with Crippen LogP contribution < -0.4 is 14.4 Å². The normalized spacial score (nSPS) is 10.5. The minimum Gasteiger partial charge on any atom is -0.494 e. The first-order valence-corrected chi connectivity index (χ1v) is 8.44. The first-order chi connectivity index (χ1) is 11.6. The van der Waals surface area contributed by atoms with Gasteiger partial charge in [-0.2, -0.15) is 0 Å². The van der Waals surface area contributed by atoms with E-state index in [1.165, 1.54) is 17.8 Å². The van der Waals surface area contributed by atoms with Gasteiger partial charge >= 0.3 is 0 Å². The van der Waals surface area contributed by atoms with Crippen molar-refractivity contribution in [2.24, 2.45) is 0 Å². The van der Waals surface area contributed by atoms with Crippen molar-refractivity contribution in [1.82, 2.24) is 0 Å². The lowest BCUT2D eigenvalue weighted by Crippen LogP contribution is -2.08. The van der Waals surface area contributed by atoms with Crippen molar-refractivity contribution in [2.75, 3.05) is 32.2 Å². The molecule has 2 aromatic carbocycles. The maximum absolute atomic E-state index is 12.8. The van der Waals surface area contributed by atoms with Crippen LogP contribution in [0.3, 0.4) is 0 Å². The van der Waals surface area contributed by atoms with Crippen LogP contribution >= 0.6 is 0 Å². The zero-order valence-electron chi connectivity index (χ0n) is 14.5. The Balaban J connectivity index is 1.50. The van der Waals surface area contributed by atoms with Crippen LogP contribution in [-0.2, 0) is 0 Å². The molecule has 0 aliphatic carbocycles. The van der Waals surface area contributed by atoms with E-state index >= 15 is 0 Å². The fraction of sp³-hybridized carbons (Fsp3) is 0.400. The topological polar surface area (TPSA) is 21.7 Å². The van der Waals surface area contributed by atoms with Crippen LogP contribution in [0.25, 0.3) is 0 Å². The molecule has 0 amide bonds. The van der Waals surface area contributed by atoms with E-state index < -0.39 is 0 Å². The summed E-state index contributed by atoms with van der Waals surface area (Å²) in [6.45, 7) is 1.40. The molecule has 0 aromatic heterocycles. The molecule has 130 valence electrons. The van der Waals surface area contributed by atoms with E-state index in [1.807, 2.05) is 26.2 Å². The number of hydrogen-bond donors (Lipinski definition) is 0. The van der Waals surface area contributed by atoms with Gasteiger partial charge in [-0.1, -0.05) is 0 Å². The van der Waals surface area contributed by atoms with Gasteiger partial charge in [0.1, 0.15) is 17.3 Å². The van der Waals surface area contributed by atoms with Gasteiger partial charge in [-0.15, -0.1) is 0 Å². The van der Waals surface area contributed by atoms with E-state index in [1.54, 1.807) is 12.1 Å². The summed E-state index contributed by atoms with van der Waals surface area (Å²) in [7, 11) is 4.05. The summed E-state index contributed by atoms with van der Waals surface area (Å²) in [6.07, 6.45) is 4.24. The molecule has 0 aliphatic heterocycles. The SMILES string of the molecule is CN(C)c1ccc(OCCCCCCOc2ccc(F)cc2)cc1. The molecule has 0 N–H and O–H groups in total. The Bertz CT molecular complexity index is 582. The van der Waals surface area contributed by atoms with E-state index in [9.17, 15) is 4.39 Å². The minimum absolute atomic E-state index is 0.237. The van der Waals surface area contributed by atoms with Crippen LogP contribution in [0.4, 0.5) is 10.1 Å². The summed E-state index contributed by atoms with van der Waals surface area (Å²) < 4.78 is 24.1.